The second-order valence-electron chi connectivity index (χ2n) is 11.6. The quantitative estimate of drug-likeness (QED) is 0.178. The molecule has 1 aromatic heterocycles. The summed E-state index contributed by atoms with van der Waals surface area (Å²) >= 11 is 0. The van der Waals surface area contributed by atoms with Gasteiger partial charge >= 0.3 is 0 Å². The molecule has 1 unspecified atom stereocenters. The van der Waals surface area contributed by atoms with E-state index in [2.05, 4.69) is 27.5 Å². The Bertz CT molecular complexity index is 1300. The molecule has 1 aliphatic rings. The highest BCUT2D eigenvalue weighted by molar-refractivity contribution is 5.98. The Balaban J connectivity index is 1.97. The van der Waals surface area contributed by atoms with Crippen molar-refractivity contribution in [2.24, 2.45) is 17.1 Å². The third-order valence-corrected chi connectivity index (χ3v) is 8.17. The van der Waals surface area contributed by atoms with Gasteiger partial charge in [0, 0.05) is 55.5 Å². The van der Waals surface area contributed by atoms with Gasteiger partial charge in [-0.2, -0.15) is 0 Å². The lowest BCUT2D eigenvalue weighted by molar-refractivity contribution is -0.131. The Morgan fingerprint density at radius 1 is 1.12 bits per heavy atom. The monoisotopic (exact) mass is 599 g/mol. The molecule has 0 saturated carbocycles. The molecule has 1 aromatic carbocycles. The van der Waals surface area contributed by atoms with Gasteiger partial charge in [0.15, 0.2) is 0 Å². The Morgan fingerprint density at radius 2 is 1.84 bits per heavy atom. The van der Waals surface area contributed by atoms with Crippen LogP contribution in [0.25, 0.3) is 0 Å². The average Bonchev–Trinajstić information content (AvgIpc) is 3.41. The SMILES string of the molecule is CCCCc1ncc(CNC[C@H](O)[C@@H](Cc2cc(F)cc(F)c2)C2(C(N)=O)C=C(C)C(CCC)=C(C(=O)NCCC)C2)[nH]1. The predicted molar refractivity (Wildman–Crippen MR) is 164 cm³/mol. The molecule has 0 aliphatic heterocycles. The van der Waals surface area contributed by atoms with Gasteiger partial charge in [-0.3, -0.25) is 9.59 Å². The number of aromatic nitrogens is 2. The molecule has 43 heavy (non-hydrogen) atoms. The van der Waals surface area contributed by atoms with Gasteiger partial charge in [-0.15, -0.1) is 0 Å². The highest BCUT2D eigenvalue weighted by Gasteiger charge is 2.49. The summed E-state index contributed by atoms with van der Waals surface area (Å²) in [5.74, 6) is -2.50. The van der Waals surface area contributed by atoms with Crippen LogP contribution >= 0.6 is 0 Å². The summed E-state index contributed by atoms with van der Waals surface area (Å²) in [4.78, 5) is 34.5. The summed E-state index contributed by atoms with van der Waals surface area (Å²) in [5, 5.41) is 17.8. The first-order valence-electron chi connectivity index (χ1n) is 15.4. The minimum absolute atomic E-state index is 0.0224. The number of aliphatic hydroxyl groups excluding tert-OH is 1. The molecule has 0 saturated heterocycles. The number of halogens is 2. The van der Waals surface area contributed by atoms with Gasteiger partial charge in [0.2, 0.25) is 11.8 Å². The average molecular weight is 600 g/mol. The summed E-state index contributed by atoms with van der Waals surface area (Å²) in [7, 11) is 0. The third-order valence-electron chi connectivity index (χ3n) is 8.17. The van der Waals surface area contributed by atoms with Gasteiger partial charge in [0.1, 0.15) is 17.5 Å². The molecule has 10 heteroatoms. The van der Waals surface area contributed by atoms with Gasteiger partial charge in [-0.05, 0) is 62.3 Å². The van der Waals surface area contributed by atoms with Crippen LogP contribution in [0.15, 0.2) is 47.2 Å². The van der Waals surface area contributed by atoms with Crippen LogP contribution in [-0.2, 0) is 29.0 Å². The Morgan fingerprint density at radius 3 is 2.47 bits per heavy atom. The van der Waals surface area contributed by atoms with Crippen LogP contribution in [0.2, 0.25) is 0 Å². The normalized spacial score (nSPS) is 18.3. The van der Waals surface area contributed by atoms with Crippen molar-refractivity contribution >= 4 is 11.8 Å². The zero-order chi connectivity index (χ0) is 31.6. The van der Waals surface area contributed by atoms with Crippen molar-refractivity contribution in [3.8, 4) is 0 Å². The number of allylic oxidation sites excluding steroid dienone is 2. The number of hydrogen-bond donors (Lipinski definition) is 5. The number of aromatic amines is 1. The standard InChI is InChI=1S/C33H47F2N5O3/c1-5-8-10-30-39-19-25(40-30)18-37-20-29(41)28(14-22-12-23(34)15-24(35)13-22)33(32(36)43)16-21(4)26(9-6-2)27(17-33)31(42)38-11-7-3/h12-13,15-16,19,28-29,37,41H,5-11,14,17-18,20H2,1-4H3,(H2,36,43)(H,38,42)(H,39,40)/t28-,29+,33?/m1/s1. The number of aliphatic hydroxyl groups is 1. The maximum absolute atomic E-state index is 14.2. The van der Waals surface area contributed by atoms with E-state index in [1.54, 1.807) is 12.3 Å². The van der Waals surface area contributed by atoms with Crippen LogP contribution in [0.4, 0.5) is 8.78 Å². The van der Waals surface area contributed by atoms with Crippen LogP contribution in [-0.4, -0.2) is 46.1 Å². The van der Waals surface area contributed by atoms with Crippen molar-refractivity contribution in [3.05, 3.63) is 75.9 Å². The number of aryl methyl sites for hydroxylation is 1. The largest absolute Gasteiger partial charge is 0.391 e. The summed E-state index contributed by atoms with van der Waals surface area (Å²) < 4.78 is 28.5. The zero-order valence-electron chi connectivity index (χ0n) is 25.9. The number of H-pyrrole nitrogens is 1. The number of rotatable bonds is 17. The summed E-state index contributed by atoms with van der Waals surface area (Å²) in [5.41, 5.74) is 7.83. The van der Waals surface area contributed by atoms with Gasteiger partial charge in [-0.1, -0.05) is 45.3 Å². The van der Waals surface area contributed by atoms with Crippen molar-refractivity contribution in [1.82, 2.24) is 20.6 Å². The molecule has 1 heterocycles. The van der Waals surface area contributed by atoms with Crippen molar-refractivity contribution in [1.29, 1.82) is 0 Å². The summed E-state index contributed by atoms with van der Waals surface area (Å²) in [6, 6.07) is 3.17. The number of nitrogens with zero attached hydrogens (tertiary/aromatic N) is 1. The van der Waals surface area contributed by atoms with Crippen LogP contribution in [0.5, 0.6) is 0 Å². The lowest BCUT2D eigenvalue weighted by Gasteiger charge is -2.42. The fraction of sp³-hybridized carbons (Fsp3) is 0.545. The van der Waals surface area contributed by atoms with E-state index in [1.165, 1.54) is 12.1 Å². The molecule has 0 fully saturated rings. The van der Waals surface area contributed by atoms with Gasteiger partial charge in [0.05, 0.1) is 11.5 Å². The molecular formula is C33H47F2N5O3. The zero-order valence-corrected chi connectivity index (χ0v) is 25.9. The number of unbranched alkanes of at least 4 members (excludes halogenated alkanes) is 1. The van der Waals surface area contributed by atoms with E-state index in [-0.39, 0.29) is 30.9 Å². The first kappa shape index (κ1) is 34.1. The lowest BCUT2D eigenvalue weighted by Crippen LogP contribution is -2.52. The fourth-order valence-electron chi connectivity index (χ4n) is 6.01. The van der Waals surface area contributed by atoms with E-state index in [0.29, 0.717) is 25.1 Å². The van der Waals surface area contributed by atoms with Crippen LogP contribution in [0.1, 0.15) is 83.3 Å². The smallest absolute Gasteiger partial charge is 0.247 e. The molecule has 8 nitrogen and oxygen atoms in total. The van der Waals surface area contributed by atoms with Crippen LogP contribution < -0.4 is 16.4 Å². The van der Waals surface area contributed by atoms with E-state index in [1.807, 2.05) is 20.8 Å². The second-order valence-corrected chi connectivity index (χ2v) is 11.6. The van der Waals surface area contributed by atoms with E-state index < -0.39 is 35.0 Å². The minimum Gasteiger partial charge on any atom is -0.391 e. The molecule has 3 atom stereocenters. The maximum atomic E-state index is 14.2. The first-order chi connectivity index (χ1) is 20.5. The predicted octanol–water partition coefficient (Wildman–Crippen LogP) is 4.78. The number of hydrogen-bond acceptors (Lipinski definition) is 5. The fourth-order valence-corrected chi connectivity index (χ4v) is 6.01. The highest BCUT2D eigenvalue weighted by Crippen LogP contribution is 2.46. The summed E-state index contributed by atoms with van der Waals surface area (Å²) in [6.45, 7) is 8.85. The minimum atomic E-state index is -1.48. The number of primary amides is 1. The number of benzene rings is 1. The van der Waals surface area contributed by atoms with E-state index in [0.717, 1.165) is 60.8 Å². The number of carbonyl (C=O) groups is 2. The van der Waals surface area contributed by atoms with Crippen molar-refractivity contribution in [2.45, 2.75) is 91.7 Å². The molecule has 236 valence electrons. The molecular weight excluding hydrogens is 552 g/mol. The van der Waals surface area contributed by atoms with Crippen molar-refractivity contribution < 1.29 is 23.5 Å². The van der Waals surface area contributed by atoms with E-state index >= 15 is 0 Å². The molecule has 2 amide bonds. The number of carbonyl (C=O) groups excluding carboxylic acids is 2. The molecule has 0 spiro atoms. The second kappa shape index (κ2) is 15.9. The van der Waals surface area contributed by atoms with E-state index in [4.69, 9.17) is 5.73 Å². The number of nitrogens with one attached hydrogen (secondary N) is 3. The molecule has 6 N–H and O–H groups in total. The topological polar surface area (TPSA) is 133 Å². The lowest BCUT2D eigenvalue weighted by atomic mass is 9.62. The van der Waals surface area contributed by atoms with Gasteiger partial charge in [-0.25, -0.2) is 13.8 Å². The first-order valence-corrected chi connectivity index (χ1v) is 15.4. The molecule has 0 bridgehead atoms. The van der Waals surface area contributed by atoms with Gasteiger partial charge < -0.3 is 26.5 Å². The summed E-state index contributed by atoms with van der Waals surface area (Å²) in [6.07, 6.45) is 7.39. The molecule has 3 rings (SSSR count). The Hall–Kier alpha value is -3.37. The highest BCUT2D eigenvalue weighted by atomic mass is 19.1. The number of amides is 2. The van der Waals surface area contributed by atoms with Gasteiger partial charge in [0.25, 0.3) is 0 Å². The molecule has 1 aliphatic carbocycles. The van der Waals surface area contributed by atoms with E-state index in [9.17, 15) is 23.5 Å². The maximum Gasteiger partial charge on any atom is 0.247 e. The number of nitrogens with two attached hydrogens (primary N) is 1. The van der Waals surface area contributed by atoms with Crippen molar-refractivity contribution in [3.63, 3.8) is 0 Å². The Kier molecular flexibility index (Phi) is 12.6. The van der Waals surface area contributed by atoms with Crippen LogP contribution in [0.3, 0.4) is 0 Å². The molecule has 2 aromatic rings. The van der Waals surface area contributed by atoms with Crippen molar-refractivity contribution in [2.75, 3.05) is 13.1 Å². The Labute approximate surface area is 253 Å². The van der Waals surface area contributed by atoms with Crippen LogP contribution in [0, 0.1) is 23.0 Å². The number of imidazole rings is 1. The third kappa shape index (κ3) is 8.83. The molecule has 0 radical (unpaired) electrons.